The van der Waals surface area contributed by atoms with E-state index in [2.05, 4.69) is 15.4 Å². The smallest absolute Gasteiger partial charge is 0.133 e. The lowest BCUT2D eigenvalue weighted by Crippen LogP contribution is -2.26. The molecule has 1 N–H and O–H groups in total. The van der Waals surface area contributed by atoms with Crippen LogP contribution in [0, 0.1) is 0 Å². The van der Waals surface area contributed by atoms with E-state index in [1.807, 2.05) is 46.9 Å². The van der Waals surface area contributed by atoms with Crippen molar-refractivity contribution in [3.8, 4) is 0 Å². The van der Waals surface area contributed by atoms with Crippen molar-refractivity contribution in [2.45, 2.75) is 19.0 Å². The Balaban J connectivity index is 1.62. The van der Waals surface area contributed by atoms with Crippen LogP contribution >= 0.6 is 0 Å². The molecule has 0 saturated heterocycles. The molecule has 0 aliphatic rings. The molecule has 3 rings (SSSR count). The van der Waals surface area contributed by atoms with Gasteiger partial charge in [-0.1, -0.05) is 0 Å². The van der Waals surface area contributed by atoms with E-state index in [1.54, 1.807) is 18.7 Å². The molecule has 0 spiro atoms. The number of imidazole rings is 1. The lowest BCUT2D eigenvalue weighted by atomic mass is 10.2. The Morgan fingerprint density at radius 3 is 2.90 bits per heavy atom. The highest BCUT2D eigenvalue weighted by molar-refractivity contribution is 5.15. The molecule has 1 atom stereocenters. The predicted molar refractivity (Wildman–Crippen MR) is 78.6 cm³/mol. The maximum atomic E-state index is 5.54. The molecule has 0 fully saturated rings. The van der Waals surface area contributed by atoms with Gasteiger partial charge in [0.05, 0.1) is 6.26 Å². The van der Waals surface area contributed by atoms with Crippen LogP contribution in [0.15, 0.2) is 53.7 Å². The summed E-state index contributed by atoms with van der Waals surface area (Å²) in [6, 6.07) is 5.78. The Morgan fingerprint density at radius 1 is 1.29 bits per heavy atom. The maximum absolute atomic E-state index is 5.54. The molecule has 3 heterocycles. The van der Waals surface area contributed by atoms with Gasteiger partial charge in [0.2, 0.25) is 0 Å². The fourth-order valence-corrected chi connectivity index (χ4v) is 2.35. The van der Waals surface area contributed by atoms with E-state index in [-0.39, 0.29) is 6.04 Å². The first-order chi connectivity index (χ1) is 10.3. The van der Waals surface area contributed by atoms with Gasteiger partial charge in [-0.15, -0.1) is 0 Å². The van der Waals surface area contributed by atoms with Crippen molar-refractivity contribution in [2.75, 3.05) is 6.54 Å². The Bertz CT molecular complexity index is 641. The van der Waals surface area contributed by atoms with E-state index in [9.17, 15) is 0 Å². The second kappa shape index (κ2) is 6.41. The SMILES string of the molecule is Cn1ccnc1C(NCCCn1cccn1)c1ccco1. The lowest BCUT2D eigenvalue weighted by molar-refractivity contribution is 0.421. The van der Waals surface area contributed by atoms with Crippen molar-refractivity contribution < 1.29 is 4.42 Å². The first kappa shape index (κ1) is 13.6. The highest BCUT2D eigenvalue weighted by Gasteiger charge is 2.19. The van der Waals surface area contributed by atoms with Gasteiger partial charge in [-0.2, -0.15) is 5.10 Å². The number of hydrogen-bond donors (Lipinski definition) is 1. The number of furan rings is 1. The largest absolute Gasteiger partial charge is 0.467 e. The van der Waals surface area contributed by atoms with Gasteiger partial charge in [-0.3, -0.25) is 4.68 Å². The van der Waals surface area contributed by atoms with Crippen LogP contribution in [0.3, 0.4) is 0 Å². The molecule has 0 saturated carbocycles. The molecular formula is C15H19N5O. The topological polar surface area (TPSA) is 60.8 Å². The summed E-state index contributed by atoms with van der Waals surface area (Å²) in [7, 11) is 1.99. The van der Waals surface area contributed by atoms with E-state index in [4.69, 9.17) is 4.42 Å². The second-order valence-electron chi connectivity index (χ2n) is 4.92. The van der Waals surface area contributed by atoms with Gasteiger partial charge in [0.15, 0.2) is 0 Å². The Hall–Kier alpha value is -2.34. The molecule has 0 radical (unpaired) electrons. The summed E-state index contributed by atoms with van der Waals surface area (Å²) in [5.41, 5.74) is 0. The van der Waals surface area contributed by atoms with E-state index in [1.165, 1.54) is 0 Å². The quantitative estimate of drug-likeness (QED) is 0.674. The lowest BCUT2D eigenvalue weighted by Gasteiger charge is -2.16. The van der Waals surface area contributed by atoms with Crippen molar-refractivity contribution >= 4 is 0 Å². The average molecular weight is 285 g/mol. The number of aryl methyl sites for hydroxylation is 2. The molecule has 0 aliphatic carbocycles. The number of hydrogen-bond acceptors (Lipinski definition) is 4. The third kappa shape index (κ3) is 3.22. The second-order valence-corrected chi connectivity index (χ2v) is 4.92. The molecular weight excluding hydrogens is 266 g/mol. The summed E-state index contributed by atoms with van der Waals surface area (Å²) in [5.74, 6) is 1.83. The fourth-order valence-electron chi connectivity index (χ4n) is 2.35. The zero-order valence-electron chi connectivity index (χ0n) is 12.0. The van der Waals surface area contributed by atoms with E-state index < -0.39 is 0 Å². The van der Waals surface area contributed by atoms with Crippen molar-refractivity contribution in [3.05, 3.63) is 60.8 Å². The molecule has 3 aromatic rings. The molecule has 6 nitrogen and oxygen atoms in total. The Morgan fingerprint density at radius 2 is 2.24 bits per heavy atom. The van der Waals surface area contributed by atoms with Crippen molar-refractivity contribution in [1.82, 2.24) is 24.6 Å². The monoisotopic (exact) mass is 285 g/mol. The van der Waals surface area contributed by atoms with Gasteiger partial charge >= 0.3 is 0 Å². The first-order valence-corrected chi connectivity index (χ1v) is 7.06. The highest BCUT2D eigenvalue weighted by atomic mass is 16.3. The number of nitrogens with one attached hydrogen (secondary N) is 1. The molecule has 21 heavy (non-hydrogen) atoms. The molecule has 0 aromatic carbocycles. The molecule has 3 aromatic heterocycles. The van der Waals surface area contributed by atoms with Crippen LogP contribution in [0.5, 0.6) is 0 Å². The van der Waals surface area contributed by atoms with Crippen LogP contribution in [0.2, 0.25) is 0 Å². The van der Waals surface area contributed by atoms with Crippen LogP contribution < -0.4 is 5.32 Å². The van der Waals surface area contributed by atoms with Gasteiger partial charge in [0.25, 0.3) is 0 Å². The van der Waals surface area contributed by atoms with Gasteiger partial charge in [-0.25, -0.2) is 4.98 Å². The minimum absolute atomic E-state index is 0.0300. The van der Waals surface area contributed by atoms with Crippen LogP contribution in [-0.4, -0.2) is 25.9 Å². The number of nitrogens with zero attached hydrogens (tertiary/aromatic N) is 4. The summed E-state index contributed by atoms with van der Waals surface area (Å²) in [5, 5.41) is 7.71. The summed E-state index contributed by atoms with van der Waals surface area (Å²) in [6.45, 7) is 1.75. The minimum atomic E-state index is -0.0300. The predicted octanol–water partition coefficient (Wildman–Crippen LogP) is 1.98. The van der Waals surface area contributed by atoms with Crippen LogP contribution in [0.4, 0.5) is 0 Å². The van der Waals surface area contributed by atoms with Crippen molar-refractivity contribution in [2.24, 2.45) is 7.05 Å². The molecule has 0 aliphatic heterocycles. The first-order valence-electron chi connectivity index (χ1n) is 7.06. The molecule has 6 heteroatoms. The minimum Gasteiger partial charge on any atom is -0.467 e. The Kier molecular flexibility index (Phi) is 4.16. The van der Waals surface area contributed by atoms with Gasteiger partial charge in [0.1, 0.15) is 17.6 Å². The molecule has 0 bridgehead atoms. The normalized spacial score (nSPS) is 12.6. The zero-order valence-corrected chi connectivity index (χ0v) is 12.0. The van der Waals surface area contributed by atoms with E-state index in [0.29, 0.717) is 0 Å². The van der Waals surface area contributed by atoms with E-state index >= 15 is 0 Å². The summed E-state index contributed by atoms with van der Waals surface area (Å²) in [6.07, 6.45) is 10.2. The summed E-state index contributed by atoms with van der Waals surface area (Å²) < 4.78 is 9.49. The standard InChI is InChI=1S/C15H19N5O/c1-19-11-8-17-15(19)14(13-5-2-12-21-13)16-6-3-9-20-10-4-7-18-20/h2,4-5,7-8,10-12,14,16H,3,6,9H2,1H3. The third-order valence-electron chi connectivity index (χ3n) is 3.42. The average Bonchev–Trinajstić information content (AvgIpc) is 3.21. The Labute approximate surface area is 123 Å². The van der Waals surface area contributed by atoms with Gasteiger partial charge in [0, 0.05) is 38.4 Å². The summed E-state index contributed by atoms with van der Waals surface area (Å²) >= 11 is 0. The fraction of sp³-hybridized carbons (Fsp3) is 0.333. The molecule has 0 amide bonds. The van der Waals surface area contributed by atoms with Crippen molar-refractivity contribution in [3.63, 3.8) is 0 Å². The van der Waals surface area contributed by atoms with E-state index in [0.717, 1.165) is 31.1 Å². The number of aromatic nitrogens is 4. The highest BCUT2D eigenvalue weighted by Crippen LogP contribution is 2.20. The van der Waals surface area contributed by atoms with Crippen molar-refractivity contribution in [1.29, 1.82) is 0 Å². The van der Waals surface area contributed by atoms with Gasteiger partial charge < -0.3 is 14.3 Å². The third-order valence-corrected chi connectivity index (χ3v) is 3.42. The molecule has 110 valence electrons. The summed E-state index contributed by atoms with van der Waals surface area (Å²) in [4.78, 5) is 4.42. The number of rotatable bonds is 7. The zero-order chi connectivity index (χ0) is 14.5. The molecule has 1 unspecified atom stereocenters. The van der Waals surface area contributed by atoms with Crippen LogP contribution in [0.25, 0.3) is 0 Å². The van der Waals surface area contributed by atoms with Gasteiger partial charge in [-0.05, 0) is 31.2 Å². The maximum Gasteiger partial charge on any atom is 0.133 e. The van der Waals surface area contributed by atoms with Crippen LogP contribution in [-0.2, 0) is 13.6 Å². The van der Waals surface area contributed by atoms with Crippen LogP contribution in [0.1, 0.15) is 24.0 Å².